The number of hydrogen-bond donors (Lipinski definition) is 2. The van der Waals surface area contributed by atoms with Gasteiger partial charge >= 0.3 is 0 Å². The Bertz CT molecular complexity index is 431. The Balaban J connectivity index is 1.61. The number of thiazole rings is 1. The van der Waals surface area contributed by atoms with Crippen molar-refractivity contribution < 1.29 is 0 Å². The lowest BCUT2D eigenvalue weighted by Crippen LogP contribution is -2.45. The van der Waals surface area contributed by atoms with Gasteiger partial charge in [-0.05, 0) is 43.9 Å². The third-order valence-electron chi connectivity index (χ3n) is 5.42. The van der Waals surface area contributed by atoms with E-state index in [2.05, 4.69) is 22.7 Å². The van der Waals surface area contributed by atoms with Crippen molar-refractivity contribution in [2.75, 3.05) is 0 Å². The largest absolute Gasteiger partial charge is 0.271 e. The summed E-state index contributed by atoms with van der Waals surface area (Å²) in [7, 11) is 0. The molecular weight excluding hydrogens is 266 g/mol. The first-order valence-corrected chi connectivity index (χ1v) is 9.01. The highest BCUT2D eigenvalue weighted by molar-refractivity contribution is 7.09. The maximum absolute atomic E-state index is 5.85. The molecule has 0 spiro atoms. The van der Waals surface area contributed by atoms with Crippen molar-refractivity contribution in [1.82, 2.24) is 10.4 Å². The number of nitrogens with zero attached hydrogens (tertiary/aromatic N) is 1. The van der Waals surface area contributed by atoms with Crippen LogP contribution in [0.1, 0.15) is 55.6 Å². The van der Waals surface area contributed by atoms with E-state index in [1.807, 2.05) is 0 Å². The quantitative estimate of drug-likeness (QED) is 0.660. The van der Waals surface area contributed by atoms with Crippen LogP contribution in [0.5, 0.6) is 0 Å². The number of fused-ring (bicyclic) bond motifs is 1. The van der Waals surface area contributed by atoms with Gasteiger partial charge in [-0.25, -0.2) is 4.98 Å². The van der Waals surface area contributed by atoms with Gasteiger partial charge < -0.3 is 0 Å². The molecule has 0 bridgehead atoms. The molecule has 2 aliphatic rings. The van der Waals surface area contributed by atoms with Crippen molar-refractivity contribution in [3.8, 4) is 0 Å². The molecule has 1 heterocycles. The van der Waals surface area contributed by atoms with Crippen LogP contribution in [0, 0.1) is 24.7 Å². The molecule has 1 aromatic rings. The monoisotopic (exact) mass is 293 g/mol. The van der Waals surface area contributed by atoms with E-state index in [4.69, 9.17) is 5.84 Å². The Morgan fingerprint density at radius 2 is 2.10 bits per heavy atom. The summed E-state index contributed by atoms with van der Waals surface area (Å²) in [6, 6.07) is 0.406. The number of nitrogens with one attached hydrogen (secondary N) is 1. The molecular formula is C16H27N3S. The van der Waals surface area contributed by atoms with Crippen LogP contribution >= 0.6 is 11.3 Å². The van der Waals surface area contributed by atoms with Crippen LogP contribution in [-0.4, -0.2) is 11.0 Å². The lowest BCUT2D eigenvalue weighted by molar-refractivity contribution is 0.109. The molecule has 1 aromatic heterocycles. The van der Waals surface area contributed by atoms with E-state index in [0.29, 0.717) is 6.04 Å². The van der Waals surface area contributed by atoms with Crippen LogP contribution in [0.4, 0.5) is 0 Å². The Morgan fingerprint density at radius 3 is 2.80 bits per heavy atom. The van der Waals surface area contributed by atoms with Gasteiger partial charge in [-0.15, -0.1) is 11.3 Å². The molecule has 0 amide bonds. The first kappa shape index (κ1) is 14.5. The second kappa shape index (κ2) is 6.54. The topological polar surface area (TPSA) is 50.9 Å². The maximum atomic E-state index is 5.85. The van der Waals surface area contributed by atoms with Gasteiger partial charge in [-0.2, -0.15) is 0 Å². The van der Waals surface area contributed by atoms with Crippen molar-refractivity contribution in [2.45, 2.75) is 64.3 Å². The summed E-state index contributed by atoms with van der Waals surface area (Å²) < 4.78 is 0. The third kappa shape index (κ3) is 3.23. The number of nitrogens with two attached hydrogens (primary N) is 1. The summed E-state index contributed by atoms with van der Waals surface area (Å²) in [6.07, 6.45) is 11.0. The van der Waals surface area contributed by atoms with E-state index in [1.165, 1.54) is 50.0 Å². The van der Waals surface area contributed by atoms with Gasteiger partial charge in [0.15, 0.2) is 0 Å². The highest BCUT2D eigenvalue weighted by Gasteiger charge is 2.35. The molecule has 0 aliphatic heterocycles. The molecule has 3 nitrogen and oxygen atoms in total. The molecule has 0 saturated heterocycles. The fourth-order valence-electron chi connectivity index (χ4n) is 4.32. The molecule has 4 heteroatoms. The second-order valence-electron chi connectivity index (χ2n) is 6.74. The standard InChI is InChI=1S/C16H27N3S/c1-11-10-20-16(18-11)9-15(19-17)14-7-6-12-4-2-3-5-13(12)8-14/h10,12-15,19H,2-9,17H2,1H3. The molecule has 2 fully saturated rings. The first-order chi connectivity index (χ1) is 9.76. The van der Waals surface area contributed by atoms with Gasteiger partial charge in [0.25, 0.3) is 0 Å². The van der Waals surface area contributed by atoms with E-state index in [-0.39, 0.29) is 0 Å². The van der Waals surface area contributed by atoms with Crippen LogP contribution in [-0.2, 0) is 6.42 Å². The number of aryl methyl sites for hydroxylation is 1. The fourth-order valence-corrected chi connectivity index (χ4v) is 5.15. The van der Waals surface area contributed by atoms with Gasteiger partial charge in [0.2, 0.25) is 0 Å². The molecule has 0 radical (unpaired) electrons. The summed E-state index contributed by atoms with van der Waals surface area (Å²) in [5, 5.41) is 3.37. The highest BCUT2D eigenvalue weighted by Crippen LogP contribution is 2.43. The maximum Gasteiger partial charge on any atom is 0.0944 e. The van der Waals surface area contributed by atoms with Crippen molar-refractivity contribution in [2.24, 2.45) is 23.6 Å². The summed E-state index contributed by atoms with van der Waals surface area (Å²) in [5.74, 6) is 8.58. The van der Waals surface area contributed by atoms with E-state index in [9.17, 15) is 0 Å². The number of aromatic nitrogens is 1. The SMILES string of the molecule is Cc1csc(CC(NN)C2CCC3CCCCC3C2)n1. The third-order valence-corrected chi connectivity index (χ3v) is 6.41. The molecule has 2 aliphatic carbocycles. The summed E-state index contributed by atoms with van der Waals surface area (Å²) in [6.45, 7) is 2.07. The van der Waals surface area contributed by atoms with Gasteiger partial charge in [0, 0.05) is 23.5 Å². The smallest absolute Gasteiger partial charge is 0.0944 e. The predicted molar refractivity (Wildman–Crippen MR) is 84.5 cm³/mol. The molecule has 112 valence electrons. The molecule has 20 heavy (non-hydrogen) atoms. The van der Waals surface area contributed by atoms with E-state index < -0.39 is 0 Å². The van der Waals surface area contributed by atoms with Gasteiger partial charge in [-0.1, -0.05) is 25.7 Å². The van der Waals surface area contributed by atoms with E-state index >= 15 is 0 Å². The van der Waals surface area contributed by atoms with Crippen LogP contribution in [0.15, 0.2) is 5.38 Å². The molecule has 3 N–H and O–H groups in total. The van der Waals surface area contributed by atoms with Crippen molar-refractivity contribution in [1.29, 1.82) is 0 Å². The lowest BCUT2D eigenvalue weighted by Gasteiger charge is -2.41. The Labute approximate surface area is 126 Å². The minimum atomic E-state index is 0.406. The Kier molecular flexibility index (Phi) is 4.74. The van der Waals surface area contributed by atoms with Crippen LogP contribution in [0.3, 0.4) is 0 Å². The molecule has 0 aromatic carbocycles. The van der Waals surface area contributed by atoms with Gasteiger partial charge in [-0.3, -0.25) is 11.3 Å². The zero-order chi connectivity index (χ0) is 13.9. The van der Waals surface area contributed by atoms with Crippen molar-refractivity contribution in [3.05, 3.63) is 16.1 Å². The average Bonchev–Trinajstić information content (AvgIpc) is 2.89. The molecule has 3 rings (SSSR count). The predicted octanol–water partition coefficient (Wildman–Crippen LogP) is 3.43. The van der Waals surface area contributed by atoms with Crippen LogP contribution in [0.2, 0.25) is 0 Å². The zero-order valence-corrected chi connectivity index (χ0v) is 13.3. The zero-order valence-electron chi connectivity index (χ0n) is 12.5. The van der Waals surface area contributed by atoms with Gasteiger partial charge in [0.1, 0.15) is 0 Å². The second-order valence-corrected chi connectivity index (χ2v) is 7.68. The van der Waals surface area contributed by atoms with Crippen LogP contribution < -0.4 is 11.3 Å². The Hall–Kier alpha value is -0.450. The number of rotatable bonds is 4. The van der Waals surface area contributed by atoms with E-state index in [1.54, 1.807) is 11.3 Å². The fraction of sp³-hybridized carbons (Fsp3) is 0.812. The summed E-state index contributed by atoms with van der Waals surface area (Å²) in [5.41, 5.74) is 4.23. The molecule has 4 atom stereocenters. The summed E-state index contributed by atoms with van der Waals surface area (Å²) in [4.78, 5) is 4.60. The van der Waals surface area contributed by atoms with Crippen molar-refractivity contribution >= 4 is 11.3 Å². The molecule has 2 saturated carbocycles. The van der Waals surface area contributed by atoms with Crippen LogP contribution in [0.25, 0.3) is 0 Å². The summed E-state index contributed by atoms with van der Waals surface area (Å²) >= 11 is 1.77. The minimum absolute atomic E-state index is 0.406. The highest BCUT2D eigenvalue weighted by atomic mass is 32.1. The lowest BCUT2D eigenvalue weighted by atomic mass is 9.66. The van der Waals surface area contributed by atoms with Gasteiger partial charge in [0.05, 0.1) is 5.01 Å². The Morgan fingerprint density at radius 1 is 1.30 bits per heavy atom. The normalized spacial score (nSPS) is 31.8. The van der Waals surface area contributed by atoms with Crippen molar-refractivity contribution in [3.63, 3.8) is 0 Å². The first-order valence-electron chi connectivity index (χ1n) is 8.13. The van der Waals surface area contributed by atoms with E-state index in [0.717, 1.165) is 29.9 Å². The molecule has 4 unspecified atom stereocenters. The number of hydrazine groups is 1. The minimum Gasteiger partial charge on any atom is -0.271 e. The number of hydrogen-bond acceptors (Lipinski definition) is 4. The average molecular weight is 293 g/mol.